The molecule has 2 heterocycles. The summed E-state index contributed by atoms with van der Waals surface area (Å²) in [5.74, 6) is -6.20. The van der Waals surface area contributed by atoms with Gasteiger partial charge in [-0.1, -0.05) is 154 Å². The van der Waals surface area contributed by atoms with Crippen molar-refractivity contribution in [1.82, 2.24) is 9.97 Å². The van der Waals surface area contributed by atoms with Gasteiger partial charge in [-0.25, -0.2) is 65.6 Å². The number of aryl methyl sites for hydroxylation is 5. The number of Topliss-reactive ketones (excluding diaryl/α,β-unsaturated/α-hetero) is 1. The van der Waals surface area contributed by atoms with Gasteiger partial charge in [-0.15, -0.1) is 0 Å². The van der Waals surface area contributed by atoms with Crippen molar-refractivity contribution in [3.63, 3.8) is 0 Å². The Morgan fingerprint density at radius 3 is 1.04 bits per heavy atom. The van der Waals surface area contributed by atoms with Gasteiger partial charge < -0.3 is 30.8 Å². The maximum absolute atomic E-state index is 14.5. The van der Waals surface area contributed by atoms with Gasteiger partial charge in [0.25, 0.3) is 0 Å². The molecule has 0 saturated carbocycles. The molecule has 5 aromatic carbocycles. The number of sulfone groups is 4. The van der Waals surface area contributed by atoms with Crippen LogP contribution in [0.1, 0.15) is 186 Å². The summed E-state index contributed by atoms with van der Waals surface area (Å²) in [6, 6.07) is 26.7. The van der Waals surface area contributed by atoms with Crippen molar-refractivity contribution in [3.8, 4) is 11.8 Å². The standard InChI is InChI=1S/C25H31F4NO4S.C15H21FO4S.C13H17FO4S.C11H15F3N2O.C10H12BrFO2S.C7H7BrFN/c1-4-6-14-34-24-19(10-12-23(30-24)25(27,28)29)9-11-22(31)17(3)20-8-7-18(21(26)16-20)13-15-35(32,33)5-2;1-4-20-15(17)11(3)13-7-6-12(14(16)10-13)8-9-21(18,19)5-2;1-3-19(17,18)7-6-10-4-5-11(8-12(10)14)9(2)13(15)16;1-2-3-6-17-10-8(7-15)4-5-9(16-10)11(12,13)14;1-2-15(13,14)6-5-8-3-4-9(11)7-10(8)12;8-6-2-1-5(4-10)7(9)3-6/h7-8,10,12,16-17H,4-6,9,11,13-15H2,1-3H3;6-7,10-11H,4-5,8-9H2,1-3H3;4-5,8-9H,3,6-7H2,1-2H3,(H,15,16);4-5H,2-3,6-7,15H2,1H3;3-4,7H,2,5-6H2,1H3;1-3H,4,10H2. The van der Waals surface area contributed by atoms with Crippen LogP contribution in [-0.2, 0) is 116 Å². The second kappa shape index (κ2) is 51.2. The first-order valence-electron chi connectivity index (χ1n) is 37.4. The minimum Gasteiger partial charge on any atom is -0.481 e. The summed E-state index contributed by atoms with van der Waals surface area (Å²) in [5.41, 5.74) is 12.7. The van der Waals surface area contributed by atoms with Gasteiger partial charge in [-0.3, -0.25) is 14.4 Å². The van der Waals surface area contributed by atoms with E-state index in [4.69, 9.17) is 30.8 Å². The Morgan fingerprint density at radius 2 is 0.735 bits per heavy atom. The SMILES string of the molecule is CCCCOc1nc(C(F)(F)F)ccc1CCC(=O)C(C)c1ccc(CCS(=O)(=O)CC)c(F)c1.CCCCOc1nc(C(F)(F)F)ccc1CN.CCOC(=O)C(C)c1ccc(CCS(=O)(=O)CC)c(F)c1.CCS(=O)(=O)CCc1ccc(Br)cc1F.CCS(=O)(=O)CCc1ccc(C(C)C(=O)O)cc1F.NCc1ccc(Br)cc1F. The van der Waals surface area contributed by atoms with E-state index in [9.17, 15) is 96.3 Å². The second-order valence-corrected chi connectivity index (χ2v) is 38.0. The summed E-state index contributed by atoms with van der Waals surface area (Å²) >= 11 is 6.29. The number of carbonyl (C=O) groups is 3. The zero-order valence-corrected chi connectivity index (χ0v) is 73.2. The van der Waals surface area contributed by atoms with Crippen LogP contribution in [0.25, 0.3) is 0 Å². The van der Waals surface area contributed by atoms with Crippen LogP contribution in [0.5, 0.6) is 11.8 Å². The smallest absolute Gasteiger partial charge is 0.433 e. The first kappa shape index (κ1) is 106. The number of alkyl halides is 6. The van der Waals surface area contributed by atoms with E-state index >= 15 is 0 Å². The number of nitrogens with zero attached hydrogens (tertiary/aromatic N) is 2. The van der Waals surface area contributed by atoms with Gasteiger partial charge in [0.1, 0.15) is 85.6 Å². The monoisotopic (exact) mass is 1870 g/mol. The van der Waals surface area contributed by atoms with Gasteiger partial charge in [0.15, 0.2) is 0 Å². The lowest BCUT2D eigenvalue weighted by Gasteiger charge is -2.15. The number of ether oxygens (including phenoxy) is 3. The number of esters is 1. The number of hydrogen-bond acceptors (Lipinski definition) is 18. The highest BCUT2D eigenvalue weighted by molar-refractivity contribution is 9.10. The van der Waals surface area contributed by atoms with Crippen LogP contribution in [0.3, 0.4) is 0 Å². The normalized spacial score (nSPS) is 12.4. The number of aliphatic carboxylic acids is 1. The van der Waals surface area contributed by atoms with E-state index in [1.54, 1.807) is 77.9 Å². The van der Waals surface area contributed by atoms with E-state index in [-0.39, 0.29) is 146 Å². The molecule has 2 aromatic heterocycles. The van der Waals surface area contributed by atoms with Crippen LogP contribution < -0.4 is 20.9 Å². The Morgan fingerprint density at radius 1 is 0.427 bits per heavy atom. The number of carboxylic acids is 1. The maximum Gasteiger partial charge on any atom is 0.433 e. The summed E-state index contributed by atoms with van der Waals surface area (Å²) < 4.78 is 253. The summed E-state index contributed by atoms with van der Waals surface area (Å²) in [5, 5.41) is 8.84. The summed E-state index contributed by atoms with van der Waals surface area (Å²) in [6.45, 7) is 17.8. The molecule has 0 aliphatic rings. The molecule has 3 unspecified atom stereocenters. The molecule has 5 N–H and O–H groups in total. The quantitative estimate of drug-likeness (QED) is 0.0187. The van der Waals surface area contributed by atoms with Crippen LogP contribution in [0, 0.1) is 29.1 Å². The average Bonchev–Trinajstić information content (AvgIpc) is 0.828. The topological polar surface area (TPSA) is 314 Å². The predicted molar refractivity (Wildman–Crippen MR) is 437 cm³/mol. The molecule has 0 aliphatic heterocycles. The van der Waals surface area contributed by atoms with Gasteiger partial charge in [-0.05, 0) is 159 Å². The molecule has 0 amide bonds. The van der Waals surface area contributed by atoms with Crippen LogP contribution in [0.2, 0.25) is 0 Å². The zero-order chi connectivity index (χ0) is 88.8. The average molecular weight is 1870 g/mol. The fourth-order valence-corrected chi connectivity index (χ4v) is 13.8. The number of halogens is 13. The fraction of sp³-hybridized carbons (Fsp3) is 0.469. The fourth-order valence-electron chi connectivity index (χ4n) is 9.84. The predicted octanol–water partition coefficient (Wildman–Crippen LogP) is 17.5. The van der Waals surface area contributed by atoms with Gasteiger partial charge in [0, 0.05) is 74.1 Å². The zero-order valence-electron chi connectivity index (χ0n) is 66.7. The summed E-state index contributed by atoms with van der Waals surface area (Å²) in [7, 11) is -12.5. The lowest BCUT2D eigenvalue weighted by molar-refractivity contribution is -0.144. The van der Waals surface area contributed by atoms with Crippen molar-refractivity contribution in [1.29, 1.82) is 0 Å². The van der Waals surface area contributed by atoms with Crippen LogP contribution in [-0.4, -0.2) is 132 Å². The molecule has 0 bridgehead atoms. The number of benzene rings is 5. The molecule has 0 saturated heterocycles. The molecule has 7 aromatic rings. The Labute approximate surface area is 696 Å². The van der Waals surface area contributed by atoms with E-state index < -0.39 is 110 Å². The molecular weight excluding hydrogens is 1770 g/mol. The van der Waals surface area contributed by atoms with E-state index in [0.717, 1.165) is 41.9 Å². The van der Waals surface area contributed by atoms with Gasteiger partial charge in [-0.2, -0.15) is 26.3 Å². The van der Waals surface area contributed by atoms with Gasteiger partial charge >= 0.3 is 24.3 Å². The Kier molecular flexibility index (Phi) is 46.2. The molecule has 36 heteroatoms. The molecule has 3 atom stereocenters. The Balaban J connectivity index is 0.000000496. The lowest BCUT2D eigenvalue weighted by Crippen LogP contribution is -2.14. The molecular formula is C81H103Br2F11N4O15S4. The molecule has 0 radical (unpaired) electrons. The number of aromatic nitrogens is 2. The van der Waals surface area contributed by atoms with Crippen molar-refractivity contribution >= 4 is 88.9 Å². The van der Waals surface area contributed by atoms with Crippen molar-refractivity contribution in [2.45, 2.75) is 177 Å². The van der Waals surface area contributed by atoms with Crippen molar-refractivity contribution in [2.24, 2.45) is 11.5 Å². The Bertz CT molecular complexity index is 4820. The summed E-state index contributed by atoms with van der Waals surface area (Å²) in [6.07, 6.45) is -5.30. The van der Waals surface area contributed by atoms with E-state index in [1.165, 1.54) is 74.5 Å². The Hall–Kier alpha value is -7.48. The molecule has 652 valence electrons. The number of carbonyl (C=O) groups excluding carboxylic acids is 2. The number of pyridine rings is 2. The molecule has 0 aliphatic carbocycles. The molecule has 19 nitrogen and oxygen atoms in total. The third kappa shape index (κ3) is 39.1. The van der Waals surface area contributed by atoms with Crippen molar-refractivity contribution < 1.29 is 116 Å². The highest BCUT2D eigenvalue weighted by Crippen LogP contribution is 2.33. The van der Waals surface area contributed by atoms with E-state index in [1.807, 2.05) is 13.8 Å². The third-order valence-corrected chi connectivity index (χ3v) is 25.6. The van der Waals surface area contributed by atoms with Crippen molar-refractivity contribution in [2.75, 3.05) is 65.8 Å². The number of unbranched alkanes of at least 4 members (excludes halogenated alkanes) is 2. The summed E-state index contributed by atoms with van der Waals surface area (Å²) in [4.78, 5) is 42.2. The molecule has 0 spiro atoms. The van der Waals surface area contributed by atoms with Gasteiger partial charge in [0.05, 0.1) is 54.7 Å². The first-order valence-corrected chi connectivity index (χ1v) is 46.3. The first-order chi connectivity index (χ1) is 54.6. The number of rotatable bonds is 36. The number of nitrogens with two attached hydrogens (primary N) is 2. The van der Waals surface area contributed by atoms with Crippen LogP contribution >= 0.6 is 31.9 Å². The molecule has 7 rings (SSSR count). The second-order valence-electron chi connectivity index (χ2n) is 26.3. The molecule has 117 heavy (non-hydrogen) atoms. The van der Waals surface area contributed by atoms with Crippen molar-refractivity contribution in [3.05, 3.63) is 220 Å². The highest BCUT2D eigenvalue weighted by Gasteiger charge is 2.35. The third-order valence-electron chi connectivity index (χ3n) is 17.8. The number of hydrogen-bond donors (Lipinski definition) is 3. The van der Waals surface area contributed by atoms with E-state index in [2.05, 4.69) is 41.8 Å². The van der Waals surface area contributed by atoms with Gasteiger partial charge in [0.2, 0.25) is 11.8 Å². The number of carboxylic acid groups (broad SMARTS) is 1. The lowest BCUT2D eigenvalue weighted by atomic mass is 9.92. The van der Waals surface area contributed by atoms with Crippen LogP contribution in [0.4, 0.5) is 48.3 Å². The maximum atomic E-state index is 14.5. The highest BCUT2D eigenvalue weighted by atomic mass is 79.9. The number of ketones is 1. The minimum absolute atomic E-state index is 0.00204. The van der Waals surface area contributed by atoms with E-state index in [0.29, 0.717) is 67.6 Å². The molecule has 0 fully saturated rings. The van der Waals surface area contributed by atoms with Crippen LogP contribution in [0.15, 0.2) is 124 Å². The largest absolute Gasteiger partial charge is 0.481 e. The minimum atomic E-state index is -4.61.